The van der Waals surface area contributed by atoms with Crippen molar-refractivity contribution in [1.82, 2.24) is 10.7 Å². The smallest absolute Gasteiger partial charge is 0.287 e. The van der Waals surface area contributed by atoms with E-state index in [0.29, 0.717) is 22.6 Å². The summed E-state index contributed by atoms with van der Waals surface area (Å²) < 4.78 is 11.5. The van der Waals surface area contributed by atoms with E-state index in [1.54, 1.807) is 50.6 Å². The molecule has 3 rings (SSSR count). The van der Waals surface area contributed by atoms with E-state index in [1.165, 1.54) is 6.21 Å². The second kappa shape index (κ2) is 12.7. The first kappa shape index (κ1) is 26.7. The molecule has 0 atom stereocenters. The number of ether oxygens (including phenoxy) is 2. The Bertz CT molecular complexity index is 1270. The van der Waals surface area contributed by atoms with Crippen LogP contribution in [0.2, 0.25) is 0 Å². The van der Waals surface area contributed by atoms with Crippen LogP contribution in [0.5, 0.6) is 11.5 Å². The van der Waals surface area contributed by atoms with E-state index < -0.39 is 11.8 Å². The molecule has 2 N–H and O–H groups in total. The van der Waals surface area contributed by atoms with Crippen molar-refractivity contribution < 1.29 is 19.1 Å². The maximum atomic E-state index is 13.0. The van der Waals surface area contributed by atoms with Gasteiger partial charge in [-0.2, -0.15) is 5.10 Å². The van der Waals surface area contributed by atoms with Crippen LogP contribution in [0.1, 0.15) is 21.5 Å². The Kier molecular flexibility index (Phi) is 9.46. The predicted octanol–water partition coefficient (Wildman–Crippen LogP) is 4.30. The largest absolute Gasteiger partial charge is 0.493 e. The summed E-state index contributed by atoms with van der Waals surface area (Å²) in [5.74, 6) is 0.199. The van der Waals surface area contributed by atoms with Crippen molar-refractivity contribution in [3.8, 4) is 11.5 Å². The molecule has 0 saturated heterocycles. The predicted molar refractivity (Wildman–Crippen MR) is 151 cm³/mol. The van der Waals surface area contributed by atoms with E-state index >= 15 is 0 Å². The standard InChI is InChI=1S/C27H27IN4O4/c1-32(2)21-12-10-18(11-13-21)15-23(30-26(33)20-8-6-5-7-9-20)27(34)31-29-17-19-14-22(28)25(36-4)24(16-19)35-3/h5-17H,1-4H3,(H,30,33)(H,31,34)/b23-15+,29-17-. The zero-order valence-corrected chi connectivity index (χ0v) is 22.6. The van der Waals surface area contributed by atoms with E-state index in [9.17, 15) is 9.59 Å². The number of methoxy groups -OCH3 is 2. The quantitative estimate of drug-likeness (QED) is 0.166. The van der Waals surface area contributed by atoms with Crippen LogP contribution in [0.15, 0.2) is 77.5 Å². The Hall–Kier alpha value is -3.86. The van der Waals surface area contributed by atoms with Gasteiger partial charge in [-0.15, -0.1) is 0 Å². The maximum Gasteiger partial charge on any atom is 0.287 e. The molecule has 0 unspecified atom stereocenters. The van der Waals surface area contributed by atoms with Crippen molar-refractivity contribution in [2.45, 2.75) is 0 Å². The van der Waals surface area contributed by atoms with Gasteiger partial charge < -0.3 is 19.7 Å². The minimum Gasteiger partial charge on any atom is -0.493 e. The van der Waals surface area contributed by atoms with Crippen molar-refractivity contribution in [2.24, 2.45) is 5.10 Å². The lowest BCUT2D eigenvalue weighted by atomic mass is 10.1. The second-order valence-electron chi connectivity index (χ2n) is 7.80. The number of halogens is 1. The molecule has 0 aromatic heterocycles. The number of carbonyl (C=O) groups is 2. The van der Waals surface area contributed by atoms with Crippen LogP contribution in [-0.2, 0) is 4.79 Å². The van der Waals surface area contributed by atoms with Gasteiger partial charge in [-0.3, -0.25) is 9.59 Å². The number of amides is 2. The zero-order chi connectivity index (χ0) is 26.1. The SMILES string of the molecule is COc1cc(/C=N\NC(=O)/C(=C\c2ccc(N(C)C)cc2)NC(=O)c2ccccc2)cc(I)c1OC. The molecule has 2 amide bonds. The number of hydrazone groups is 1. The molecule has 0 bridgehead atoms. The highest BCUT2D eigenvalue weighted by Crippen LogP contribution is 2.33. The van der Waals surface area contributed by atoms with Crippen LogP contribution in [0, 0.1) is 3.57 Å². The lowest BCUT2D eigenvalue weighted by Crippen LogP contribution is -2.32. The fraction of sp³-hybridized carbons (Fsp3) is 0.148. The lowest BCUT2D eigenvalue weighted by Gasteiger charge is -2.13. The summed E-state index contributed by atoms with van der Waals surface area (Å²) in [4.78, 5) is 27.7. The minimum atomic E-state index is -0.567. The number of carbonyl (C=O) groups excluding carboxylic acids is 2. The lowest BCUT2D eigenvalue weighted by molar-refractivity contribution is -0.117. The van der Waals surface area contributed by atoms with E-state index in [0.717, 1.165) is 14.8 Å². The Morgan fingerprint density at radius 3 is 2.25 bits per heavy atom. The zero-order valence-electron chi connectivity index (χ0n) is 20.4. The summed E-state index contributed by atoms with van der Waals surface area (Å²) in [5.41, 5.74) is 5.44. The fourth-order valence-electron chi connectivity index (χ4n) is 3.22. The van der Waals surface area contributed by atoms with Crippen molar-refractivity contribution >= 4 is 52.4 Å². The number of rotatable bonds is 9. The highest BCUT2D eigenvalue weighted by atomic mass is 127. The first-order valence-electron chi connectivity index (χ1n) is 10.9. The van der Waals surface area contributed by atoms with E-state index in [2.05, 4.69) is 38.4 Å². The molecular formula is C27H27IN4O4. The molecule has 0 aliphatic carbocycles. The molecule has 186 valence electrons. The van der Waals surface area contributed by atoms with Crippen LogP contribution in [0.3, 0.4) is 0 Å². The Morgan fingerprint density at radius 2 is 1.64 bits per heavy atom. The average molecular weight is 598 g/mol. The van der Waals surface area contributed by atoms with Crippen molar-refractivity contribution in [2.75, 3.05) is 33.2 Å². The third kappa shape index (κ3) is 7.08. The normalized spacial score (nSPS) is 11.2. The topological polar surface area (TPSA) is 92.3 Å². The monoisotopic (exact) mass is 598 g/mol. The molecule has 9 heteroatoms. The fourth-order valence-corrected chi connectivity index (χ4v) is 4.06. The number of hydrogen-bond donors (Lipinski definition) is 2. The van der Waals surface area contributed by atoms with Crippen LogP contribution in [0.25, 0.3) is 6.08 Å². The number of nitrogens with one attached hydrogen (secondary N) is 2. The van der Waals surface area contributed by atoms with Gasteiger partial charge in [0, 0.05) is 25.3 Å². The van der Waals surface area contributed by atoms with E-state index in [1.807, 2.05) is 55.4 Å². The second-order valence-corrected chi connectivity index (χ2v) is 8.96. The molecule has 0 spiro atoms. The van der Waals surface area contributed by atoms with Gasteiger partial charge in [0.25, 0.3) is 11.8 Å². The van der Waals surface area contributed by atoms with Gasteiger partial charge in [0.05, 0.1) is 24.0 Å². The highest BCUT2D eigenvalue weighted by molar-refractivity contribution is 14.1. The molecule has 3 aromatic rings. The molecule has 0 heterocycles. The summed E-state index contributed by atoms with van der Waals surface area (Å²) >= 11 is 2.13. The van der Waals surface area contributed by atoms with Crippen molar-refractivity contribution in [1.29, 1.82) is 0 Å². The molecule has 3 aromatic carbocycles. The number of anilines is 1. The molecule has 0 fully saturated rings. The summed E-state index contributed by atoms with van der Waals surface area (Å²) in [6.45, 7) is 0. The Balaban J connectivity index is 1.83. The van der Waals surface area contributed by atoms with Crippen LogP contribution >= 0.6 is 22.6 Å². The van der Waals surface area contributed by atoms with Crippen molar-refractivity contribution in [3.05, 3.63) is 92.7 Å². The number of hydrogen-bond acceptors (Lipinski definition) is 6. The molecular weight excluding hydrogens is 571 g/mol. The molecule has 0 saturated carbocycles. The van der Waals surface area contributed by atoms with E-state index in [4.69, 9.17) is 9.47 Å². The first-order chi connectivity index (χ1) is 17.3. The van der Waals surface area contributed by atoms with Gasteiger partial charge in [-0.05, 0) is 76.2 Å². The first-order valence-corrected chi connectivity index (χ1v) is 12.0. The third-order valence-electron chi connectivity index (χ3n) is 5.08. The minimum absolute atomic E-state index is 0.0560. The van der Waals surface area contributed by atoms with Crippen molar-refractivity contribution in [3.63, 3.8) is 0 Å². The van der Waals surface area contributed by atoms with Crippen LogP contribution < -0.4 is 25.1 Å². The summed E-state index contributed by atoms with van der Waals surface area (Å²) in [7, 11) is 7.01. The average Bonchev–Trinajstić information content (AvgIpc) is 2.88. The highest BCUT2D eigenvalue weighted by Gasteiger charge is 2.15. The third-order valence-corrected chi connectivity index (χ3v) is 5.89. The van der Waals surface area contributed by atoms with Gasteiger partial charge >= 0.3 is 0 Å². The summed E-state index contributed by atoms with van der Waals surface area (Å²) in [6.07, 6.45) is 3.09. The van der Waals surface area contributed by atoms with Gasteiger partial charge in [-0.25, -0.2) is 5.43 Å². The van der Waals surface area contributed by atoms with Crippen LogP contribution in [0.4, 0.5) is 5.69 Å². The molecule has 0 aliphatic heterocycles. The summed E-state index contributed by atoms with van der Waals surface area (Å²) in [5, 5.41) is 6.77. The van der Waals surface area contributed by atoms with Crippen LogP contribution in [-0.4, -0.2) is 46.3 Å². The number of nitrogens with zero attached hydrogens (tertiary/aromatic N) is 2. The molecule has 8 nitrogen and oxygen atoms in total. The molecule has 0 radical (unpaired) electrons. The Labute approximate surface area is 224 Å². The molecule has 0 aliphatic rings. The number of benzene rings is 3. The maximum absolute atomic E-state index is 13.0. The van der Waals surface area contributed by atoms with Gasteiger partial charge in [0.2, 0.25) is 0 Å². The Morgan fingerprint density at radius 1 is 0.944 bits per heavy atom. The van der Waals surface area contributed by atoms with Gasteiger partial charge in [0.1, 0.15) is 5.70 Å². The molecule has 36 heavy (non-hydrogen) atoms. The van der Waals surface area contributed by atoms with Gasteiger partial charge in [0.15, 0.2) is 11.5 Å². The summed E-state index contributed by atoms with van der Waals surface area (Å²) in [6, 6.07) is 19.9. The van der Waals surface area contributed by atoms with Gasteiger partial charge in [-0.1, -0.05) is 30.3 Å². The van der Waals surface area contributed by atoms with E-state index in [-0.39, 0.29) is 5.70 Å².